The SMILES string of the molecule is O=C(CSc1nnc2ccc(-c3cccnc3)nn12)Nc1ccc(Cl)cc1. The molecule has 0 unspecified atom stereocenters. The standard InChI is InChI=1S/C18H13ClN6OS/c19-13-3-5-14(6-4-13)21-17(26)11-27-18-23-22-16-8-7-15(24-25(16)18)12-2-1-9-20-10-12/h1-10H,11H2,(H,21,26). The van der Waals surface area contributed by atoms with Gasteiger partial charge in [0.1, 0.15) is 0 Å². The molecule has 27 heavy (non-hydrogen) atoms. The van der Waals surface area contributed by atoms with Crippen LogP contribution in [0.3, 0.4) is 0 Å². The van der Waals surface area contributed by atoms with Gasteiger partial charge in [-0.3, -0.25) is 9.78 Å². The maximum absolute atomic E-state index is 12.2. The number of carbonyl (C=O) groups is 1. The van der Waals surface area contributed by atoms with Crippen molar-refractivity contribution in [2.45, 2.75) is 5.16 Å². The molecule has 0 aliphatic rings. The van der Waals surface area contributed by atoms with Crippen molar-refractivity contribution >= 4 is 40.6 Å². The van der Waals surface area contributed by atoms with Crippen LogP contribution in [0.2, 0.25) is 5.02 Å². The van der Waals surface area contributed by atoms with Gasteiger partial charge in [0.25, 0.3) is 0 Å². The van der Waals surface area contributed by atoms with E-state index in [4.69, 9.17) is 11.6 Å². The Hall–Kier alpha value is -2.97. The lowest BCUT2D eigenvalue weighted by molar-refractivity contribution is -0.113. The summed E-state index contributed by atoms with van der Waals surface area (Å²) in [6.45, 7) is 0. The molecule has 0 spiro atoms. The Bertz CT molecular complexity index is 1080. The average molecular weight is 397 g/mol. The number of carbonyl (C=O) groups excluding carboxylic acids is 1. The molecule has 1 aromatic carbocycles. The van der Waals surface area contributed by atoms with Crippen LogP contribution in [0.1, 0.15) is 0 Å². The Balaban J connectivity index is 1.48. The maximum Gasteiger partial charge on any atom is 0.234 e. The van der Waals surface area contributed by atoms with Crippen LogP contribution in [-0.4, -0.2) is 36.5 Å². The highest BCUT2D eigenvalue weighted by Crippen LogP contribution is 2.20. The summed E-state index contributed by atoms with van der Waals surface area (Å²) >= 11 is 7.11. The molecular formula is C18H13ClN6OS. The molecule has 4 rings (SSSR count). The zero-order valence-corrected chi connectivity index (χ0v) is 15.5. The summed E-state index contributed by atoms with van der Waals surface area (Å²) < 4.78 is 1.63. The predicted molar refractivity (Wildman–Crippen MR) is 105 cm³/mol. The Morgan fingerprint density at radius 3 is 2.74 bits per heavy atom. The Morgan fingerprint density at radius 1 is 1.11 bits per heavy atom. The minimum Gasteiger partial charge on any atom is -0.325 e. The molecule has 3 aromatic heterocycles. The van der Waals surface area contributed by atoms with Crippen molar-refractivity contribution in [3.05, 3.63) is 65.9 Å². The van der Waals surface area contributed by atoms with E-state index < -0.39 is 0 Å². The normalized spacial score (nSPS) is 10.9. The molecule has 1 amide bonds. The minimum atomic E-state index is -0.150. The monoisotopic (exact) mass is 396 g/mol. The average Bonchev–Trinajstić information content (AvgIpc) is 3.11. The smallest absolute Gasteiger partial charge is 0.234 e. The number of hydrogen-bond donors (Lipinski definition) is 1. The van der Waals surface area contributed by atoms with Gasteiger partial charge < -0.3 is 5.32 Å². The van der Waals surface area contributed by atoms with Crippen molar-refractivity contribution in [2.24, 2.45) is 0 Å². The fourth-order valence-corrected chi connectivity index (χ4v) is 3.20. The fraction of sp³-hybridized carbons (Fsp3) is 0.0556. The second-order valence-electron chi connectivity index (χ2n) is 5.56. The van der Waals surface area contributed by atoms with Crippen molar-refractivity contribution in [1.82, 2.24) is 24.8 Å². The van der Waals surface area contributed by atoms with Gasteiger partial charge in [0.05, 0.1) is 11.4 Å². The van der Waals surface area contributed by atoms with E-state index in [0.717, 1.165) is 11.3 Å². The van der Waals surface area contributed by atoms with Crippen LogP contribution in [0.15, 0.2) is 66.1 Å². The van der Waals surface area contributed by atoms with Crippen LogP contribution in [-0.2, 0) is 4.79 Å². The number of nitrogens with one attached hydrogen (secondary N) is 1. The van der Waals surface area contributed by atoms with E-state index in [9.17, 15) is 4.79 Å². The molecule has 0 bridgehead atoms. The van der Waals surface area contributed by atoms with Crippen LogP contribution < -0.4 is 5.32 Å². The molecule has 0 saturated carbocycles. The molecule has 0 radical (unpaired) electrons. The molecule has 0 fully saturated rings. The lowest BCUT2D eigenvalue weighted by Crippen LogP contribution is -2.14. The largest absolute Gasteiger partial charge is 0.325 e. The van der Waals surface area contributed by atoms with Crippen LogP contribution >= 0.6 is 23.4 Å². The summed E-state index contributed by atoms with van der Waals surface area (Å²) in [4.78, 5) is 16.3. The van der Waals surface area contributed by atoms with Gasteiger partial charge in [-0.05, 0) is 48.5 Å². The van der Waals surface area contributed by atoms with Crippen LogP contribution in [0.4, 0.5) is 5.69 Å². The van der Waals surface area contributed by atoms with Gasteiger partial charge in [0.2, 0.25) is 11.1 Å². The number of rotatable bonds is 5. The summed E-state index contributed by atoms with van der Waals surface area (Å²) in [7, 11) is 0. The third-order valence-electron chi connectivity index (χ3n) is 3.65. The van der Waals surface area contributed by atoms with E-state index in [1.807, 2.05) is 24.3 Å². The molecule has 0 aliphatic heterocycles. The second kappa shape index (κ2) is 7.73. The van der Waals surface area contributed by atoms with Crippen LogP contribution in [0, 0.1) is 0 Å². The first kappa shape index (κ1) is 17.4. The maximum atomic E-state index is 12.2. The van der Waals surface area contributed by atoms with Crippen molar-refractivity contribution in [3.8, 4) is 11.3 Å². The first-order valence-electron chi connectivity index (χ1n) is 8.00. The van der Waals surface area contributed by atoms with E-state index in [2.05, 4.69) is 25.6 Å². The van der Waals surface area contributed by atoms with Gasteiger partial charge in [-0.2, -0.15) is 9.61 Å². The minimum absolute atomic E-state index is 0.150. The fourth-order valence-electron chi connectivity index (χ4n) is 2.39. The van der Waals surface area contributed by atoms with Gasteiger partial charge in [-0.15, -0.1) is 10.2 Å². The van der Waals surface area contributed by atoms with Gasteiger partial charge in [0.15, 0.2) is 5.65 Å². The van der Waals surface area contributed by atoms with Crippen molar-refractivity contribution in [2.75, 3.05) is 11.1 Å². The number of pyridine rings is 1. The molecule has 3 heterocycles. The van der Waals surface area contributed by atoms with Crippen molar-refractivity contribution in [1.29, 1.82) is 0 Å². The number of aromatic nitrogens is 5. The molecule has 134 valence electrons. The molecule has 4 aromatic rings. The summed E-state index contributed by atoms with van der Waals surface area (Å²) in [5, 5.41) is 16.7. The summed E-state index contributed by atoms with van der Waals surface area (Å²) in [5.74, 6) is 0.0323. The Labute approximate surface area is 163 Å². The molecule has 0 atom stereocenters. The van der Waals surface area contributed by atoms with E-state index in [1.165, 1.54) is 11.8 Å². The molecule has 7 nitrogen and oxygen atoms in total. The number of halogens is 1. The summed E-state index contributed by atoms with van der Waals surface area (Å²) in [6.07, 6.45) is 3.45. The van der Waals surface area contributed by atoms with E-state index >= 15 is 0 Å². The number of anilines is 1. The lowest BCUT2D eigenvalue weighted by Gasteiger charge is -2.05. The number of nitrogens with zero attached hydrogens (tertiary/aromatic N) is 5. The highest BCUT2D eigenvalue weighted by molar-refractivity contribution is 7.99. The number of benzene rings is 1. The topological polar surface area (TPSA) is 85.1 Å². The third-order valence-corrected chi connectivity index (χ3v) is 4.82. The van der Waals surface area contributed by atoms with E-state index in [0.29, 0.717) is 21.5 Å². The van der Waals surface area contributed by atoms with Gasteiger partial charge in [0, 0.05) is 28.7 Å². The number of hydrogen-bond acceptors (Lipinski definition) is 6. The van der Waals surface area contributed by atoms with Crippen LogP contribution in [0.5, 0.6) is 0 Å². The highest BCUT2D eigenvalue weighted by atomic mass is 35.5. The van der Waals surface area contributed by atoms with Crippen LogP contribution in [0.25, 0.3) is 16.9 Å². The molecule has 0 aliphatic carbocycles. The number of thioether (sulfide) groups is 1. The Kier molecular flexibility index (Phi) is 4.99. The quantitative estimate of drug-likeness (QED) is 0.519. The molecule has 0 saturated heterocycles. The third kappa shape index (κ3) is 4.07. The molecule has 1 N–H and O–H groups in total. The summed E-state index contributed by atoms with van der Waals surface area (Å²) in [5.41, 5.74) is 2.95. The van der Waals surface area contributed by atoms with Gasteiger partial charge in [-0.1, -0.05) is 23.4 Å². The zero-order chi connectivity index (χ0) is 18.6. The van der Waals surface area contributed by atoms with Crippen molar-refractivity contribution < 1.29 is 4.79 Å². The molecular weight excluding hydrogens is 384 g/mol. The predicted octanol–water partition coefficient (Wildman–Crippen LogP) is 3.57. The number of amides is 1. The molecule has 9 heteroatoms. The van der Waals surface area contributed by atoms with E-state index in [1.54, 1.807) is 41.2 Å². The second-order valence-corrected chi connectivity index (χ2v) is 6.94. The highest BCUT2D eigenvalue weighted by Gasteiger charge is 2.12. The number of fused-ring (bicyclic) bond motifs is 1. The zero-order valence-electron chi connectivity index (χ0n) is 13.9. The van der Waals surface area contributed by atoms with Gasteiger partial charge >= 0.3 is 0 Å². The van der Waals surface area contributed by atoms with E-state index in [-0.39, 0.29) is 11.7 Å². The first-order valence-corrected chi connectivity index (χ1v) is 9.36. The van der Waals surface area contributed by atoms with Gasteiger partial charge in [-0.25, -0.2) is 0 Å². The summed E-state index contributed by atoms with van der Waals surface area (Å²) in [6, 6.07) is 14.4. The Morgan fingerprint density at radius 2 is 1.96 bits per heavy atom. The first-order chi connectivity index (χ1) is 13.2. The lowest BCUT2D eigenvalue weighted by atomic mass is 10.2. The van der Waals surface area contributed by atoms with Crippen molar-refractivity contribution in [3.63, 3.8) is 0 Å².